The number of thioether (sulfide) groups is 1. The zero-order valence-corrected chi connectivity index (χ0v) is 16.2. The molecule has 0 bridgehead atoms. The number of rotatable bonds is 5. The fraction of sp³-hybridized carbons (Fsp3) is 0.158. The summed E-state index contributed by atoms with van der Waals surface area (Å²) in [5.41, 5.74) is 0.541. The van der Waals surface area contributed by atoms with Gasteiger partial charge < -0.3 is 9.88 Å². The van der Waals surface area contributed by atoms with Gasteiger partial charge in [0.1, 0.15) is 0 Å². The molecular formula is C19H15ClF3N3OS. The Bertz CT molecular complexity index is 990. The van der Waals surface area contributed by atoms with Crippen LogP contribution in [-0.2, 0) is 18.0 Å². The lowest BCUT2D eigenvalue weighted by Gasteiger charge is -2.14. The first-order valence-corrected chi connectivity index (χ1v) is 9.48. The van der Waals surface area contributed by atoms with Gasteiger partial charge in [0.05, 0.1) is 28.9 Å². The van der Waals surface area contributed by atoms with Crippen molar-refractivity contribution in [3.63, 3.8) is 0 Å². The molecule has 9 heteroatoms. The molecule has 0 saturated heterocycles. The number of carbonyl (C=O) groups excluding carboxylic acids is 1. The number of carbonyl (C=O) groups is 1. The summed E-state index contributed by atoms with van der Waals surface area (Å²) in [5.74, 6) is -0.652. The molecule has 3 aromatic rings. The molecular weight excluding hydrogens is 411 g/mol. The molecule has 0 atom stereocenters. The third kappa shape index (κ3) is 4.69. The molecule has 1 N–H and O–H groups in total. The van der Waals surface area contributed by atoms with Crippen molar-refractivity contribution in [2.24, 2.45) is 7.05 Å². The lowest BCUT2D eigenvalue weighted by molar-refractivity contribution is -0.137. The van der Waals surface area contributed by atoms with Crippen LogP contribution >= 0.6 is 23.4 Å². The Kier molecular flexibility index (Phi) is 6.00. The van der Waals surface area contributed by atoms with E-state index in [9.17, 15) is 18.0 Å². The normalized spacial score (nSPS) is 11.5. The second-order valence-electron chi connectivity index (χ2n) is 5.88. The van der Waals surface area contributed by atoms with Crippen molar-refractivity contribution in [2.75, 3.05) is 11.1 Å². The number of alkyl halides is 3. The summed E-state index contributed by atoms with van der Waals surface area (Å²) in [6.45, 7) is 0. The van der Waals surface area contributed by atoms with E-state index in [1.807, 2.05) is 41.9 Å². The SMILES string of the molecule is Cn1c(-c2ccccc2)cnc1SCC(=O)Nc1ccc(Cl)cc1C(F)(F)F. The Balaban J connectivity index is 1.69. The Morgan fingerprint density at radius 1 is 1.21 bits per heavy atom. The van der Waals surface area contributed by atoms with Crippen molar-refractivity contribution in [1.29, 1.82) is 0 Å². The Hall–Kier alpha value is -2.45. The van der Waals surface area contributed by atoms with E-state index in [4.69, 9.17) is 11.6 Å². The number of imidazole rings is 1. The molecule has 1 aromatic heterocycles. The maximum Gasteiger partial charge on any atom is 0.418 e. The van der Waals surface area contributed by atoms with E-state index < -0.39 is 17.6 Å². The molecule has 0 saturated carbocycles. The number of nitrogens with one attached hydrogen (secondary N) is 1. The summed E-state index contributed by atoms with van der Waals surface area (Å²) in [6, 6.07) is 12.8. The van der Waals surface area contributed by atoms with Crippen molar-refractivity contribution in [2.45, 2.75) is 11.3 Å². The summed E-state index contributed by atoms with van der Waals surface area (Å²) in [4.78, 5) is 16.5. The van der Waals surface area contributed by atoms with Gasteiger partial charge in [-0.25, -0.2) is 4.98 Å². The number of halogens is 4. The molecule has 28 heavy (non-hydrogen) atoms. The van der Waals surface area contributed by atoms with Gasteiger partial charge in [-0.1, -0.05) is 53.7 Å². The highest BCUT2D eigenvalue weighted by Gasteiger charge is 2.34. The zero-order chi connectivity index (χ0) is 20.3. The number of anilines is 1. The lowest BCUT2D eigenvalue weighted by atomic mass is 10.1. The summed E-state index contributed by atoms with van der Waals surface area (Å²) in [7, 11) is 1.82. The van der Waals surface area contributed by atoms with Crippen LogP contribution in [0.15, 0.2) is 59.9 Å². The van der Waals surface area contributed by atoms with Crippen LogP contribution in [0.4, 0.5) is 18.9 Å². The highest BCUT2D eigenvalue weighted by Crippen LogP contribution is 2.36. The lowest BCUT2D eigenvalue weighted by Crippen LogP contribution is -2.18. The van der Waals surface area contributed by atoms with Crippen LogP contribution in [-0.4, -0.2) is 21.2 Å². The van der Waals surface area contributed by atoms with Gasteiger partial charge in [-0.15, -0.1) is 0 Å². The van der Waals surface area contributed by atoms with E-state index >= 15 is 0 Å². The van der Waals surface area contributed by atoms with E-state index in [-0.39, 0.29) is 16.5 Å². The van der Waals surface area contributed by atoms with Crippen molar-refractivity contribution < 1.29 is 18.0 Å². The van der Waals surface area contributed by atoms with Crippen LogP contribution in [0.5, 0.6) is 0 Å². The number of aromatic nitrogens is 2. The highest BCUT2D eigenvalue weighted by molar-refractivity contribution is 7.99. The van der Waals surface area contributed by atoms with E-state index in [0.29, 0.717) is 5.16 Å². The average Bonchev–Trinajstić information content (AvgIpc) is 3.02. The second-order valence-corrected chi connectivity index (χ2v) is 7.25. The van der Waals surface area contributed by atoms with Crippen LogP contribution in [0.3, 0.4) is 0 Å². The molecule has 0 radical (unpaired) electrons. The van der Waals surface area contributed by atoms with E-state index in [2.05, 4.69) is 10.3 Å². The largest absolute Gasteiger partial charge is 0.418 e. The minimum absolute atomic E-state index is 0.0545. The Labute approximate surface area is 168 Å². The third-order valence-electron chi connectivity index (χ3n) is 3.91. The quantitative estimate of drug-likeness (QED) is 0.550. The first kappa shape index (κ1) is 20.3. The summed E-state index contributed by atoms with van der Waals surface area (Å²) >= 11 is 6.78. The summed E-state index contributed by atoms with van der Waals surface area (Å²) < 4.78 is 41.2. The van der Waals surface area contributed by atoms with Crippen molar-refractivity contribution in [3.05, 3.63) is 65.3 Å². The van der Waals surface area contributed by atoms with Gasteiger partial charge in [0.2, 0.25) is 5.91 Å². The Morgan fingerprint density at radius 2 is 1.93 bits per heavy atom. The molecule has 0 aliphatic carbocycles. The molecule has 146 valence electrons. The minimum Gasteiger partial charge on any atom is -0.325 e. The van der Waals surface area contributed by atoms with E-state index in [1.165, 1.54) is 6.07 Å². The third-order valence-corrected chi connectivity index (χ3v) is 5.19. The predicted octanol–water partition coefficient (Wildman–Crippen LogP) is 5.49. The molecule has 0 aliphatic rings. The van der Waals surface area contributed by atoms with Gasteiger partial charge >= 0.3 is 6.18 Å². The first-order valence-electron chi connectivity index (χ1n) is 8.12. The van der Waals surface area contributed by atoms with Gasteiger partial charge in [0.15, 0.2) is 5.16 Å². The number of amides is 1. The fourth-order valence-corrected chi connectivity index (χ4v) is 3.50. The van der Waals surface area contributed by atoms with Crippen molar-refractivity contribution in [3.8, 4) is 11.3 Å². The number of nitrogens with zero attached hydrogens (tertiary/aromatic N) is 2. The maximum atomic E-state index is 13.1. The van der Waals surface area contributed by atoms with E-state index in [1.54, 1.807) is 6.20 Å². The van der Waals surface area contributed by atoms with Crippen LogP contribution in [0.1, 0.15) is 5.56 Å². The second kappa shape index (κ2) is 8.28. The average molecular weight is 426 g/mol. The zero-order valence-electron chi connectivity index (χ0n) is 14.6. The molecule has 4 nitrogen and oxygen atoms in total. The summed E-state index contributed by atoms with van der Waals surface area (Å²) in [5, 5.41) is 2.83. The van der Waals surface area contributed by atoms with Gasteiger partial charge in [-0.05, 0) is 23.8 Å². The molecule has 0 spiro atoms. The van der Waals surface area contributed by atoms with Crippen LogP contribution in [0.2, 0.25) is 5.02 Å². The molecule has 0 fully saturated rings. The number of hydrogen-bond donors (Lipinski definition) is 1. The smallest absolute Gasteiger partial charge is 0.325 e. The van der Waals surface area contributed by atoms with Gasteiger partial charge in [0, 0.05) is 12.1 Å². The first-order chi connectivity index (χ1) is 13.3. The molecule has 0 unspecified atom stereocenters. The standard InChI is InChI=1S/C19H15ClF3N3OS/c1-26-16(12-5-3-2-4-6-12)10-24-18(26)28-11-17(27)25-15-8-7-13(20)9-14(15)19(21,22)23/h2-10H,11H2,1H3,(H,25,27). The van der Waals surface area contributed by atoms with Gasteiger partial charge in [-0.2, -0.15) is 13.2 Å². The van der Waals surface area contributed by atoms with Crippen LogP contribution in [0.25, 0.3) is 11.3 Å². The van der Waals surface area contributed by atoms with Crippen molar-refractivity contribution in [1.82, 2.24) is 9.55 Å². The molecule has 3 rings (SSSR count). The highest BCUT2D eigenvalue weighted by atomic mass is 35.5. The molecule has 1 amide bonds. The number of hydrogen-bond acceptors (Lipinski definition) is 3. The molecule has 2 aromatic carbocycles. The number of benzene rings is 2. The summed E-state index contributed by atoms with van der Waals surface area (Å²) in [6.07, 6.45) is -2.93. The fourth-order valence-electron chi connectivity index (χ4n) is 2.58. The Morgan fingerprint density at radius 3 is 2.61 bits per heavy atom. The van der Waals surface area contributed by atoms with E-state index in [0.717, 1.165) is 35.2 Å². The molecule has 0 aliphatic heterocycles. The van der Waals surface area contributed by atoms with Crippen molar-refractivity contribution >= 4 is 35.0 Å². The monoisotopic (exact) mass is 425 g/mol. The predicted molar refractivity (Wildman–Crippen MR) is 104 cm³/mol. The van der Waals surface area contributed by atoms with Crippen LogP contribution in [0, 0.1) is 0 Å². The van der Waals surface area contributed by atoms with Crippen LogP contribution < -0.4 is 5.32 Å². The van der Waals surface area contributed by atoms with Gasteiger partial charge in [0.25, 0.3) is 0 Å². The minimum atomic E-state index is -4.62. The maximum absolute atomic E-state index is 13.1. The molecule has 1 heterocycles. The topological polar surface area (TPSA) is 46.9 Å². The van der Waals surface area contributed by atoms with Gasteiger partial charge in [-0.3, -0.25) is 4.79 Å².